The number of methoxy groups -OCH3 is 1. The summed E-state index contributed by atoms with van der Waals surface area (Å²) in [6.07, 6.45) is 1.11. The van der Waals surface area contributed by atoms with E-state index in [1.165, 1.54) is 14.0 Å². The fourth-order valence-electron chi connectivity index (χ4n) is 0.329. The largest absolute Gasteiger partial charge is 0.466 e. The first-order valence-electron chi connectivity index (χ1n) is 2.52. The van der Waals surface area contributed by atoms with Gasteiger partial charge in [-0.2, -0.15) is 0 Å². The van der Waals surface area contributed by atoms with Crippen molar-refractivity contribution in [3.8, 4) is 0 Å². The summed E-state index contributed by atoms with van der Waals surface area (Å²) in [5, 5.41) is 3.15. The quantitative estimate of drug-likeness (QED) is 0.191. The van der Waals surface area contributed by atoms with Gasteiger partial charge in [0.05, 0.1) is 7.11 Å². The molecule has 0 spiro atoms. The second kappa shape index (κ2) is 4.40. The van der Waals surface area contributed by atoms with Gasteiger partial charge in [0.2, 0.25) is 0 Å². The van der Waals surface area contributed by atoms with Crippen LogP contribution in [0.4, 0.5) is 0 Å². The molecule has 0 aromatic carbocycles. The first kappa shape index (κ1) is 8.52. The van der Waals surface area contributed by atoms with Crippen LogP contribution in [0.3, 0.4) is 0 Å². The lowest BCUT2D eigenvalue weighted by atomic mass is 10.4. The molecule has 0 unspecified atom stereocenters. The average molecular weight is 141 g/mol. The topological polar surface area (TPSA) is 75.1 Å². The Bertz CT molecular complexity index is 203. The Kier molecular flexibility index (Phi) is 3.75. The molecule has 0 radical (unpaired) electrons. The number of carbonyl (C=O) groups excluding carboxylic acids is 1. The number of nitrogens with zero attached hydrogens (tertiary/aromatic N) is 3. The summed E-state index contributed by atoms with van der Waals surface area (Å²) in [7, 11) is 1.25. The predicted molar refractivity (Wildman–Crippen MR) is 34.9 cm³/mol. The van der Waals surface area contributed by atoms with Crippen molar-refractivity contribution in [2.24, 2.45) is 5.11 Å². The molecule has 0 atom stereocenters. The number of allylic oxidation sites excluding steroid dienone is 1. The van der Waals surface area contributed by atoms with Crippen LogP contribution in [0.5, 0.6) is 0 Å². The Morgan fingerprint density at radius 1 is 1.80 bits per heavy atom. The van der Waals surface area contributed by atoms with Crippen molar-refractivity contribution in [3.63, 3.8) is 0 Å². The van der Waals surface area contributed by atoms with Gasteiger partial charge in [-0.1, -0.05) is 5.11 Å². The molecule has 54 valence electrons. The number of hydrogen-bond acceptors (Lipinski definition) is 3. The number of hydrogen-bond donors (Lipinski definition) is 0. The molecule has 0 aliphatic rings. The molecular formula is C5H7N3O2. The van der Waals surface area contributed by atoms with Crippen LogP contribution in [0.15, 0.2) is 16.9 Å². The van der Waals surface area contributed by atoms with E-state index >= 15 is 0 Å². The van der Waals surface area contributed by atoms with Gasteiger partial charge in [-0.25, -0.2) is 4.79 Å². The van der Waals surface area contributed by atoms with Gasteiger partial charge in [-0.05, 0) is 12.5 Å². The molecule has 0 amide bonds. The van der Waals surface area contributed by atoms with E-state index in [0.717, 1.165) is 6.08 Å². The van der Waals surface area contributed by atoms with Crippen molar-refractivity contribution in [2.75, 3.05) is 7.11 Å². The lowest BCUT2D eigenvalue weighted by Gasteiger charge is -1.89. The minimum Gasteiger partial charge on any atom is -0.466 e. The number of azide groups is 1. The van der Waals surface area contributed by atoms with E-state index in [1.807, 2.05) is 0 Å². The Morgan fingerprint density at radius 2 is 2.40 bits per heavy atom. The molecule has 0 rings (SSSR count). The van der Waals surface area contributed by atoms with Gasteiger partial charge in [0.15, 0.2) is 0 Å². The normalized spacial score (nSPS) is 10.0. The zero-order chi connectivity index (χ0) is 7.98. The number of ether oxygens (including phenoxy) is 1. The number of carbonyl (C=O) groups is 1. The summed E-state index contributed by atoms with van der Waals surface area (Å²) in [6, 6.07) is 0. The Labute approximate surface area is 57.9 Å². The number of rotatable bonds is 2. The average Bonchev–Trinajstić information content (AvgIpc) is 1.88. The Morgan fingerprint density at radius 3 is 2.80 bits per heavy atom. The molecule has 0 aromatic heterocycles. The zero-order valence-electron chi connectivity index (χ0n) is 5.74. The Hall–Kier alpha value is -1.48. The summed E-state index contributed by atoms with van der Waals surface area (Å²) in [6.45, 7) is 1.51. The van der Waals surface area contributed by atoms with Gasteiger partial charge in [0.1, 0.15) is 0 Å². The smallest absolute Gasteiger partial charge is 0.330 e. The van der Waals surface area contributed by atoms with E-state index in [-0.39, 0.29) is 5.70 Å². The summed E-state index contributed by atoms with van der Waals surface area (Å²) in [4.78, 5) is 12.9. The highest BCUT2D eigenvalue weighted by Crippen LogP contribution is 1.94. The van der Waals surface area contributed by atoms with Crippen LogP contribution in [0.25, 0.3) is 10.4 Å². The van der Waals surface area contributed by atoms with Crippen molar-refractivity contribution < 1.29 is 9.53 Å². The fourth-order valence-corrected chi connectivity index (χ4v) is 0.329. The van der Waals surface area contributed by atoms with E-state index in [0.29, 0.717) is 0 Å². The minimum atomic E-state index is -0.523. The first-order chi connectivity index (χ1) is 4.70. The molecule has 0 saturated heterocycles. The van der Waals surface area contributed by atoms with Crippen LogP contribution < -0.4 is 0 Å². The molecule has 5 nitrogen and oxygen atoms in total. The summed E-state index contributed by atoms with van der Waals surface area (Å²) >= 11 is 0. The number of esters is 1. The molecule has 0 aliphatic carbocycles. The van der Waals surface area contributed by atoms with Crippen LogP contribution in [-0.4, -0.2) is 13.1 Å². The highest BCUT2D eigenvalue weighted by Gasteiger charge is 1.92. The molecule has 0 heterocycles. The van der Waals surface area contributed by atoms with Crippen LogP contribution >= 0.6 is 0 Å². The molecule has 10 heavy (non-hydrogen) atoms. The minimum absolute atomic E-state index is 0.286. The van der Waals surface area contributed by atoms with E-state index in [4.69, 9.17) is 5.53 Å². The maximum absolute atomic E-state index is 10.4. The fraction of sp³-hybridized carbons (Fsp3) is 0.400. The third-order valence-electron chi connectivity index (χ3n) is 0.730. The van der Waals surface area contributed by atoms with Crippen molar-refractivity contribution in [1.82, 2.24) is 0 Å². The monoisotopic (exact) mass is 141 g/mol. The standard InChI is InChI=1S/C5H7N3O2/c1-4(7-8-6)3-5(9)10-2/h3H,1-2H3/b4-3-. The van der Waals surface area contributed by atoms with Crippen LogP contribution in [-0.2, 0) is 9.53 Å². The molecular weight excluding hydrogens is 134 g/mol. The van der Waals surface area contributed by atoms with Gasteiger partial charge in [0.25, 0.3) is 0 Å². The molecule has 0 aliphatic heterocycles. The highest BCUT2D eigenvalue weighted by molar-refractivity contribution is 5.82. The van der Waals surface area contributed by atoms with E-state index in [9.17, 15) is 4.79 Å². The van der Waals surface area contributed by atoms with Crippen molar-refractivity contribution in [2.45, 2.75) is 6.92 Å². The predicted octanol–water partition coefficient (Wildman–Crippen LogP) is 1.37. The second-order valence-electron chi connectivity index (χ2n) is 1.50. The molecule has 0 saturated carbocycles. The van der Waals surface area contributed by atoms with E-state index in [2.05, 4.69) is 14.8 Å². The SMILES string of the molecule is COC(=O)/C=C(/C)N=[N+]=[N-]. The van der Waals surface area contributed by atoms with Crippen molar-refractivity contribution in [3.05, 3.63) is 22.2 Å². The highest BCUT2D eigenvalue weighted by atomic mass is 16.5. The van der Waals surface area contributed by atoms with Crippen molar-refractivity contribution in [1.29, 1.82) is 0 Å². The zero-order valence-corrected chi connectivity index (χ0v) is 5.74. The Balaban J connectivity index is 4.15. The summed E-state index contributed by atoms with van der Waals surface area (Å²) in [5.41, 5.74) is 8.17. The second-order valence-corrected chi connectivity index (χ2v) is 1.50. The molecule has 0 fully saturated rings. The molecule has 0 aromatic rings. The van der Waals surface area contributed by atoms with E-state index in [1.54, 1.807) is 0 Å². The van der Waals surface area contributed by atoms with Crippen molar-refractivity contribution >= 4 is 5.97 Å². The van der Waals surface area contributed by atoms with Gasteiger partial charge >= 0.3 is 5.97 Å². The van der Waals surface area contributed by atoms with E-state index < -0.39 is 5.97 Å². The van der Waals surface area contributed by atoms with Crippen LogP contribution in [0, 0.1) is 0 Å². The maximum atomic E-state index is 10.4. The third kappa shape index (κ3) is 3.51. The van der Waals surface area contributed by atoms with Gasteiger partial charge < -0.3 is 4.74 Å². The summed E-state index contributed by atoms with van der Waals surface area (Å²) < 4.78 is 4.27. The third-order valence-corrected chi connectivity index (χ3v) is 0.730. The first-order valence-corrected chi connectivity index (χ1v) is 2.52. The van der Waals surface area contributed by atoms with Gasteiger partial charge in [-0.3, -0.25) is 0 Å². The maximum Gasteiger partial charge on any atom is 0.330 e. The van der Waals surface area contributed by atoms with Crippen LogP contribution in [0.2, 0.25) is 0 Å². The molecule has 0 bridgehead atoms. The lowest BCUT2D eigenvalue weighted by molar-refractivity contribution is -0.134. The molecule has 5 heteroatoms. The van der Waals surface area contributed by atoms with Gasteiger partial charge in [-0.15, -0.1) is 0 Å². The van der Waals surface area contributed by atoms with Crippen LogP contribution in [0.1, 0.15) is 6.92 Å². The van der Waals surface area contributed by atoms with Gasteiger partial charge in [0, 0.05) is 16.7 Å². The molecule has 0 N–H and O–H groups in total. The summed E-state index contributed by atoms with van der Waals surface area (Å²) in [5.74, 6) is -0.523. The lowest BCUT2D eigenvalue weighted by Crippen LogP contribution is -1.94.